The number of benzene rings is 2. The van der Waals surface area contributed by atoms with Crippen LogP contribution in [0, 0.1) is 5.92 Å². The first-order chi connectivity index (χ1) is 9.34. The standard InChI is InChI=1S/C17H20O2/c18-16-9-3-7-14(16)11-12-19-17-10-4-6-13-5-1-2-8-15(13)17/h1-2,4-6,8,10,14,16,18H,3,7,9,11-12H2. The van der Waals surface area contributed by atoms with Crippen molar-refractivity contribution >= 4 is 10.8 Å². The highest BCUT2D eigenvalue weighted by Crippen LogP contribution is 2.29. The van der Waals surface area contributed by atoms with Gasteiger partial charge in [-0.3, -0.25) is 0 Å². The summed E-state index contributed by atoms with van der Waals surface area (Å²) in [5.74, 6) is 1.38. The molecule has 2 unspecified atom stereocenters. The lowest BCUT2D eigenvalue weighted by molar-refractivity contribution is 0.117. The highest BCUT2D eigenvalue weighted by atomic mass is 16.5. The summed E-state index contributed by atoms with van der Waals surface area (Å²) in [6.45, 7) is 0.690. The van der Waals surface area contributed by atoms with Gasteiger partial charge in [0.15, 0.2) is 0 Å². The summed E-state index contributed by atoms with van der Waals surface area (Å²) in [7, 11) is 0. The van der Waals surface area contributed by atoms with Gasteiger partial charge in [0.25, 0.3) is 0 Å². The Morgan fingerprint density at radius 3 is 2.74 bits per heavy atom. The summed E-state index contributed by atoms with van der Waals surface area (Å²) in [6, 6.07) is 14.4. The van der Waals surface area contributed by atoms with E-state index in [0.29, 0.717) is 12.5 Å². The second kappa shape index (κ2) is 5.62. The van der Waals surface area contributed by atoms with Gasteiger partial charge < -0.3 is 9.84 Å². The van der Waals surface area contributed by atoms with Crippen molar-refractivity contribution in [2.45, 2.75) is 31.8 Å². The second-order valence-electron chi connectivity index (χ2n) is 5.37. The van der Waals surface area contributed by atoms with Crippen molar-refractivity contribution in [3.05, 3.63) is 42.5 Å². The first-order valence-electron chi connectivity index (χ1n) is 7.13. The molecule has 0 spiro atoms. The fraction of sp³-hybridized carbons (Fsp3) is 0.412. The van der Waals surface area contributed by atoms with Gasteiger partial charge in [-0.2, -0.15) is 0 Å². The van der Waals surface area contributed by atoms with Crippen LogP contribution in [-0.2, 0) is 0 Å². The lowest BCUT2D eigenvalue weighted by Gasteiger charge is -2.15. The van der Waals surface area contributed by atoms with E-state index in [1.165, 1.54) is 5.39 Å². The molecule has 0 radical (unpaired) electrons. The molecule has 2 aromatic rings. The maximum absolute atomic E-state index is 9.80. The van der Waals surface area contributed by atoms with E-state index in [2.05, 4.69) is 18.2 Å². The van der Waals surface area contributed by atoms with Crippen molar-refractivity contribution in [2.75, 3.05) is 6.61 Å². The summed E-state index contributed by atoms with van der Waals surface area (Å²) >= 11 is 0. The first kappa shape index (κ1) is 12.5. The summed E-state index contributed by atoms with van der Waals surface area (Å²) in [6.07, 6.45) is 4.08. The van der Waals surface area contributed by atoms with Crippen LogP contribution in [-0.4, -0.2) is 17.8 Å². The van der Waals surface area contributed by atoms with Gasteiger partial charge in [0.05, 0.1) is 12.7 Å². The van der Waals surface area contributed by atoms with Gasteiger partial charge in [-0.05, 0) is 36.6 Å². The molecule has 1 saturated carbocycles. The summed E-state index contributed by atoms with van der Waals surface area (Å²) in [4.78, 5) is 0. The minimum absolute atomic E-state index is 0.115. The molecule has 1 fully saturated rings. The summed E-state index contributed by atoms with van der Waals surface area (Å²) < 4.78 is 5.92. The molecule has 0 aromatic heterocycles. The molecular weight excluding hydrogens is 236 g/mol. The maximum atomic E-state index is 9.80. The van der Waals surface area contributed by atoms with Gasteiger partial charge in [0, 0.05) is 5.39 Å². The molecule has 0 aliphatic heterocycles. The van der Waals surface area contributed by atoms with Crippen molar-refractivity contribution in [3.63, 3.8) is 0 Å². The minimum atomic E-state index is -0.115. The molecule has 19 heavy (non-hydrogen) atoms. The Hall–Kier alpha value is -1.54. The predicted octanol–water partition coefficient (Wildman–Crippen LogP) is 3.77. The average Bonchev–Trinajstić information content (AvgIpc) is 2.85. The quantitative estimate of drug-likeness (QED) is 0.902. The Kier molecular flexibility index (Phi) is 3.69. The summed E-state index contributed by atoms with van der Waals surface area (Å²) in [5, 5.41) is 12.2. The van der Waals surface area contributed by atoms with Gasteiger partial charge in [-0.1, -0.05) is 42.8 Å². The van der Waals surface area contributed by atoms with Crippen LogP contribution >= 0.6 is 0 Å². The van der Waals surface area contributed by atoms with Crippen LogP contribution in [0.2, 0.25) is 0 Å². The molecule has 1 aliphatic carbocycles. The Bertz CT molecular complexity index is 544. The van der Waals surface area contributed by atoms with Gasteiger partial charge in [0.1, 0.15) is 5.75 Å². The van der Waals surface area contributed by atoms with Crippen LogP contribution in [0.3, 0.4) is 0 Å². The van der Waals surface area contributed by atoms with Crippen LogP contribution in [0.25, 0.3) is 10.8 Å². The minimum Gasteiger partial charge on any atom is -0.493 e. The maximum Gasteiger partial charge on any atom is 0.127 e. The van der Waals surface area contributed by atoms with Crippen LogP contribution < -0.4 is 4.74 Å². The lowest BCUT2D eigenvalue weighted by atomic mass is 10.0. The Balaban J connectivity index is 1.65. The van der Waals surface area contributed by atoms with Gasteiger partial charge >= 0.3 is 0 Å². The molecule has 2 aromatic carbocycles. The van der Waals surface area contributed by atoms with E-state index in [0.717, 1.165) is 36.8 Å². The van der Waals surface area contributed by atoms with Gasteiger partial charge in [-0.25, -0.2) is 0 Å². The van der Waals surface area contributed by atoms with E-state index < -0.39 is 0 Å². The van der Waals surface area contributed by atoms with Crippen LogP contribution in [0.4, 0.5) is 0 Å². The third kappa shape index (κ3) is 2.74. The molecule has 1 aliphatic rings. The van der Waals surface area contributed by atoms with Crippen molar-refractivity contribution in [3.8, 4) is 5.75 Å². The molecular formula is C17H20O2. The molecule has 0 amide bonds. The van der Waals surface area contributed by atoms with Crippen LogP contribution in [0.1, 0.15) is 25.7 Å². The van der Waals surface area contributed by atoms with E-state index in [9.17, 15) is 5.11 Å². The van der Waals surface area contributed by atoms with Gasteiger partial charge in [0.2, 0.25) is 0 Å². The number of fused-ring (bicyclic) bond motifs is 1. The average molecular weight is 256 g/mol. The molecule has 3 rings (SSSR count). The molecule has 100 valence electrons. The Morgan fingerprint density at radius 1 is 1.05 bits per heavy atom. The highest BCUT2D eigenvalue weighted by molar-refractivity contribution is 5.88. The third-order valence-electron chi connectivity index (χ3n) is 4.11. The number of rotatable bonds is 4. The van der Waals surface area contributed by atoms with Gasteiger partial charge in [-0.15, -0.1) is 0 Å². The van der Waals surface area contributed by atoms with E-state index in [1.54, 1.807) is 0 Å². The SMILES string of the molecule is OC1CCCC1CCOc1cccc2ccccc12. The monoisotopic (exact) mass is 256 g/mol. The van der Waals surface area contributed by atoms with E-state index in [4.69, 9.17) is 4.74 Å². The van der Waals surface area contributed by atoms with Crippen molar-refractivity contribution in [1.29, 1.82) is 0 Å². The molecule has 1 N–H and O–H groups in total. The van der Waals surface area contributed by atoms with E-state index >= 15 is 0 Å². The number of aliphatic hydroxyl groups excluding tert-OH is 1. The van der Waals surface area contributed by atoms with Crippen molar-refractivity contribution in [2.24, 2.45) is 5.92 Å². The second-order valence-corrected chi connectivity index (χ2v) is 5.37. The fourth-order valence-electron chi connectivity index (χ4n) is 3.00. The van der Waals surface area contributed by atoms with Crippen molar-refractivity contribution in [1.82, 2.24) is 0 Å². The van der Waals surface area contributed by atoms with E-state index in [1.807, 2.05) is 24.3 Å². The zero-order valence-corrected chi connectivity index (χ0v) is 11.1. The molecule has 2 atom stereocenters. The largest absolute Gasteiger partial charge is 0.493 e. The number of hydrogen-bond donors (Lipinski definition) is 1. The Labute approximate surface area is 114 Å². The fourth-order valence-corrected chi connectivity index (χ4v) is 3.00. The topological polar surface area (TPSA) is 29.5 Å². The number of ether oxygens (including phenoxy) is 1. The summed E-state index contributed by atoms with van der Waals surface area (Å²) in [5.41, 5.74) is 0. The predicted molar refractivity (Wildman–Crippen MR) is 77.4 cm³/mol. The first-order valence-corrected chi connectivity index (χ1v) is 7.13. The highest BCUT2D eigenvalue weighted by Gasteiger charge is 2.24. The molecule has 0 saturated heterocycles. The zero-order valence-electron chi connectivity index (χ0n) is 11.1. The lowest BCUT2D eigenvalue weighted by Crippen LogP contribution is -2.16. The third-order valence-corrected chi connectivity index (χ3v) is 4.11. The van der Waals surface area contributed by atoms with E-state index in [-0.39, 0.29) is 6.10 Å². The smallest absolute Gasteiger partial charge is 0.127 e. The number of aliphatic hydroxyl groups is 1. The van der Waals surface area contributed by atoms with Crippen LogP contribution in [0.5, 0.6) is 5.75 Å². The number of hydrogen-bond acceptors (Lipinski definition) is 2. The molecule has 0 heterocycles. The zero-order chi connectivity index (χ0) is 13.1. The normalized spacial score (nSPS) is 22.8. The molecule has 2 nitrogen and oxygen atoms in total. The molecule has 0 bridgehead atoms. The molecule has 2 heteroatoms. The van der Waals surface area contributed by atoms with Crippen LogP contribution in [0.15, 0.2) is 42.5 Å². The van der Waals surface area contributed by atoms with Crippen molar-refractivity contribution < 1.29 is 9.84 Å². The Morgan fingerprint density at radius 2 is 1.89 bits per heavy atom.